The van der Waals surface area contributed by atoms with Gasteiger partial charge in [-0.25, -0.2) is 13.1 Å². The van der Waals surface area contributed by atoms with Crippen LogP contribution in [0.5, 0.6) is 0 Å². The van der Waals surface area contributed by atoms with E-state index in [1.54, 1.807) is 0 Å². The monoisotopic (exact) mass is 146 g/mol. The van der Waals surface area contributed by atoms with E-state index < -0.39 is 0 Å². The van der Waals surface area contributed by atoms with Crippen molar-refractivity contribution in [2.75, 3.05) is 0 Å². The van der Waals surface area contributed by atoms with Gasteiger partial charge in [0.05, 0.1) is 0 Å². The predicted molar refractivity (Wildman–Crippen MR) is 39.6 cm³/mol. The van der Waals surface area contributed by atoms with E-state index >= 15 is 0 Å². The molecule has 0 heterocycles. The van der Waals surface area contributed by atoms with Crippen molar-refractivity contribution in [1.82, 2.24) is 0 Å². The van der Waals surface area contributed by atoms with Crippen LogP contribution in [0.25, 0.3) is 0 Å². The van der Waals surface area contributed by atoms with Crippen LogP contribution in [0.4, 0.5) is 0 Å². The number of aryl methyl sites for hydroxylation is 1. The zero-order valence-corrected chi connectivity index (χ0v) is 6.39. The van der Waals surface area contributed by atoms with Gasteiger partial charge in [-0.05, 0) is 6.92 Å². The van der Waals surface area contributed by atoms with Gasteiger partial charge in [0.1, 0.15) is 0 Å². The molecule has 56 valence electrons. The van der Waals surface area contributed by atoms with Gasteiger partial charge in [0, 0.05) is 0 Å². The Morgan fingerprint density at radius 1 is 0.909 bits per heavy atom. The van der Waals surface area contributed by atoms with Gasteiger partial charge in [-0.15, -0.1) is 0 Å². The number of hydrogen-bond donors (Lipinski definition) is 2. The molecule has 0 aliphatic carbocycles. The molecule has 0 bridgehead atoms. The Bertz CT molecular complexity index is 193. The molecule has 0 atom stereocenters. The Hall–Kier alpha value is -1.80. The highest BCUT2D eigenvalue weighted by Crippen LogP contribution is 1.92. The van der Waals surface area contributed by atoms with Crippen molar-refractivity contribution in [3.05, 3.63) is 49.0 Å². The summed E-state index contributed by atoms with van der Waals surface area (Å²) in [5, 5.41) is 10.0. The molecule has 1 aromatic carbocycles. The van der Waals surface area contributed by atoms with Crippen molar-refractivity contribution in [3.63, 3.8) is 0 Å². The number of rotatable bonds is 0. The van der Waals surface area contributed by atoms with E-state index in [0.717, 1.165) is 0 Å². The van der Waals surface area contributed by atoms with Crippen LogP contribution in [0.1, 0.15) is 5.56 Å². The average molecular weight is 146 g/mol. The summed E-state index contributed by atoms with van der Waals surface area (Å²) in [6, 6.07) is 10.3. The molecule has 0 aliphatic heterocycles. The van der Waals surface area contributed by atoms with E-state index in [0.29, 0.717) is 0 Å². The molecule has 1 aromatic rings. The summed E-state index contributed by atoms with van der Waals surface area (Å²) in [5.41, 5.74) is 1.32. The minimum atomic E-state index is 1.32. The van der Waals surface area contributed by atoms with Crippen LogP contribution < -0.4 is 10.5 Å². The molecule has 0 radical (unpaired) electrons. The predicted octanol–water partition coefficient (Wildman–Crippen LogP) is -1.31. The summed E-state index contributed by atoms with van der Waals surface area (Å²) in [7, 11) is 0. The third-order valence-electron chi connectivity index (χ3n) is 0.940. The number of nitrogens with one attached hydrogen (secondary N) is 2. The zero-order chi connectivity index (χ0) is 9.11. The Morgan fingerprint density at radius 3 is 1.45 bits per heavy atom. The molecular weight excluding hydrogens is 136 g/mol. The first-order valence-electron chi connectivity index (χ1n) is 2.91. The molecule has 11 heavy (non-hydrogen) atoms. The minimum Gasteiger partial charge on any atom is -0.335 e. The molecule has 0 fully saturated rings. The Labute approximate surface area is 67.3 Å². The Morgan fingerprint density at radius 2 is 1.27 bits per heavy atom. The topological polar surface area (TPSA) is 47.6 Å². The minimum absolute atomic E-state index is 1.32. The highest BCUT2D eigenvalue weighted by Gasteiger charge is 1.72. The van der Waals surface area contributed by atoms with Gasteiger partial charge in [0.2, 0.25) is 0 Å². The van der Waals surface area contributed by atoms with E-state index in [-0.39, 0.29) is 0 Å². The lowest BCUT2D eigenvalue weighted by atomic mass is 10.2. The van der Waals surface area contributed by atoms with Crippen molar-refractivity contribution in [3.8, 4) is 0 Å². The number of benzene rings is 1. The van der Waals surface area contributed by atoms with Gasteiger partial charge >= 0.3 is 0 Å². The van der Waals surface area contributed by atoms with Gasteiger partial charge in [-0.2, -0.15) is 0 Å². The average Bonchev–Trinajstić information content (AvgIpc) is 2.13. The summed E-state index contributed by atoms with van der Waals surface area (Å²) in [6.07, 6.45) is 0. The van der Waals surface area contributed by atoms with Crippen LogP contribution in [-0.2, 0) is 0 Å². The third kappa shape index (κ3) is 8.20. The fourth-order valence-corrected chi connectivity index (χ4v) is 0.534. The third-order valence-corrected chi connectivity index (χ3v) is 0.940. The lowest BCUT2D eigenvalue weighted by Gasteiger charge is -1.82. The van der Waals surface area contributed by atoms with Crippen LogP contribution in [0.2, 0.25) is 0 Å². The van der Waals surface area contributed by atoms with Crippen LogP contribution in [0, 0.1) is 20.1 Å². The van der Waals surface area contributed by atoms with E-state index in [4.69, 9.17) is 23.7 Å². The zero-order valence-electron chi connectivity index (χ0n) is 6.39. The highest BCUT2D eigenvalue weighted by atomic mass is 14.2. The highest BCUT2D eigenvalue weighted by molar-refractivity contribution is 5.11. The molecular formula is C9H10N2. The van der Waals surface area contributed by atoms with Gasteiger partial charge in [-0.1, -0.05) is 35.9 Å². The van der Waals surface area contributed by atoms with Crippen molar-refractivity contribution in [2.24, 2.45) is 0 Å². The second kappa shape index (κ2) is 11.1. The van der Waals surface area contributed by atoms with E-state index in [1.165, 1.54) is 5.56 Å². The molecule has 0 unspecified atom stereocenters. The second-order valence-electron chi connectivity index (χ2n) is 1.65. The smallest absolute Gasteiger partial charge is 0.0398 e. The molecule has 2 N–H and O–H groups in total. The van der Waals surface area contributed by atoms with Gasteiger partial charge in [0.15, 0.2) is 0 Å². The van der Waals surface area contributed by atoms with Gasteiger partial charge < -0.3 is 10.5 Å². The maximum atomic E-state index is 5.00. The maximum Gasteiger partial charge on any atom is -0.0398 e. The molecule has 0 spiro atoms. The molecule has 2 heteroatoms. The van der Waals surface area contributed by atoms with Gasteiger partial charge in [0.25, 0.3) is 0 Å². The van der Waals surface area contributed by atoms with E-state index in [2.05, 4.69) is 19.1 Å². The van der Waals surface area contributed by atoms with Gasteiger partial charge in [-0.3, -0.25) is 0 Å². The lowest BCUT2D eigenvalue weighted by Crippen LogP contribution is -2.10. The van der Waals surface area contributed by atoms with Crippen molar-refractivity contribution in [1.29, 1.82) is 0 Å². The molecule has 1 rings (SSSR count). The summed E-state index contributed by atoms with van der Waals surface area (Å²) >= 11 is 0. The maximum absolute atomic E-state index is 5.00. The summed E-state index contributed by atoms with van der Waals surface area (Å²) in [6.45, 7) is 12.1. The second-order valence-corrected chi connectivity index (χ2v) is 1.65. The molecule has 0 saturated heterocycles. The van der Waals surface area contributed by atoms with E-state index in [1.807, 2.05) is 18.2 Å². The largest absolute Gasteiger partial charge is 0.335 e. The first-order chi connectivity index (χ1) is 5.39. The quantitative estimate of drug-likeness (QED) is 0.427. The summed E-state index contributed by atoms with van der Waals surface area (Å²) in [5.74, 6) is 0. The molecule has 2 nitrogen and oxygen atoms in total. The first kappa shape index (κ1) is 11.9. The SMILES string of the molecule is Cc1ccccc1.[C-]#[NH+].[C-]#[NH+]. The molecule has 0 amide bonds. The number of hydrogen-bond acceptors (Lipinski definition) is 0. The Balaban J connectivity index is 0. The van der Waals surface area contributed by atoms with Crippen LogP contribution in [0.3, 0.4) is 0 Å². The molecule has 0 saturated carbocycles. The van der Waals surface area contributed by atoms with Crippen LogP contribution >= 0.6 is 0 Å². The van der Waals surface area contributed by atoms with E-state index in [9.17, 15) is 0 Å². The first-order valence-corrected chi connectivity index (χ1v) is 2.91. The standard InChI is InChI=1S/C7H8.2CHN/c1-7-5-3-2-4-6-7;2*1-2/h2-6H,1H3;2*2H. The van der Waals surface area contributed by atoms with Crippen molar-refractivity contribution < 1.29 is 10.5 Å². The Kier molecular flexibility index (Phi) is 12.0. The fourth-order valence-electron chi connectivity index (χ4n) is 0.534. The van der Waals surface area contributed by atoms with Crippen LogP contribution in [0.15, 0.2) is 30.3 Å². The lowest BCUT2D eigenvalue weighted by molar-refractivity contribution is -0.100. The molecule has 0 aromatic heterocycles. The summed E-state index contributed by atoms with van der Waals surface area (Å²) in [4.78, 5) is 0. The van der Waals surface area contributed by atoms with Crippen molar-refractivity contribution in [2.45, 2.75) is 6.92 Å². The van der Waals surface area contributed by atoms with Crippen LogP contribution in [-0.4, -0.2) is 0 Å². The normalized spacial score (nSPS) is 5.91. The molecule has 0 aliphatic rings. The van der Waals surface area contributed by atoms with Crippen molar-refractivity contribution >= 4 is 0 Å². The summed E-state index contributed by atoms with van der Waals surface area (Å²) < 4.78 is 0. The fraction of sp³-hybridized carbons (Fsp3) is 0.111.